The van der Waals surface area contributed by atoms with Crippen LogP contribution < -0.4 is 0 Å². The zero-order chi connectivity index (χ0) is 16.2. The van der Waals surface area contributed by atoms with E-state index in [0.29, 0.717) is 13.0 Å². The lowest BCUT2D eigenvalue weighted by molar-refractivity contribution is -0.129. The van der Waals surface area contributed by atoms with Gasteiger partial charge >= 0.3 is 0 Å². The number of hydrogen-bond donors (Lipinski definition) is 0. The fraction of sp³-hybridized carbons (Fsp3) is 0.150. The Morgan fingerprint density at radius 2 is 1.57 bits per heavy atom. The average Bonchev–Trinajstić information content (AvgIpc) is 2.56. The Bertz CT molecular complexity index is 826. The Labute approximate surface area is 135 Å². The third-order valence-electron chi connectivity index (χ3n) is 3.93. The molecule has 2 nitrogen and oxygen atoms in total. The van der Waals surface area contributed by atoms with E-state index < -0.39 is 0 Å². The molecule has 1 amide bonds. The predicted molar refractivity (Wildman–Crippen MR) is 90.5 cm³/mol. The number of carbonyl (C=O) groups excluding carboxylic acids is 1. The standard InChI is InChI=1S/C20H18FNO/c1-22(14-15-7-10-19(21)11-8-15)20(23)13-16-6-9-17-4-2-3-5-18(17)12-16/h2-12H,13-14H2,1H3. The summed E-state index contributed by atoms with van der Waals surface area (Å²) in [5.41, 5.74) is 1.92. The Balaban J connectivity index is 1.68. The molecule has 116 valence electrons. The summed E-state index contributed by atoms with van der Waals surface area (Å²) < 4.78 is 12.9. The molecule has 0 aliphatic heterocycles. The number of carbonyl (C=O) groups is 1. The second kappa shape index (κ2) is 6.61. The van der Waals surface area contributed by atoms with Crippen molar-refractivity contribution in [2.24, 2.45) is 0 Å². The molecular formula is C20H18FNO. The van der Waals surface area contributed by atoms with Crippen molar-refractivity contribution >= 4 is 16.7 Å². The Kier molecular flexibility index (Phi) is 4.38. The first-order chi connectivity index (χ1) is 11.1. The first kappa shape index (κ1) is 15.2. The maximum Gasteiger partial charge on any atom is 0.227 e. The highest BCUT2D eigenvalue weighted by Crippen LogP contribution is 2.16. The summed E-state index contributed by atoms with van der Waals surface area (Å²) in [6, 6.07) is 20.4. The lowest BCUT2D eigenvalue weighted by Crippen LogP contribution is -2.27. The summed E-state index contributed by atoms with van der Waals surface area (Å²) in [5.74, 6) is -0.219. The number of hydrogen-bond acceptors (Lipinski definition) is 1. The van der Waals surface area contributed by atoms with Crippen molar-refractivity contribution in [3.8, 4) is 0 Å². The van der Waals surface area contributed by atoms with Crippen molar-refractivity contribution in [1.29, 1.82) is 0 Å². The van der Waals surface area contributed by atoms with Crippen LogP contribution in [-0.4, -0.2) is 17.9 Å². The lowest BCUT2D eigenvalue weighted by atomic mass is 10.0. The van der Waals surface area contributed by atoms with Crippen LogP contribution in [0.4, 0.5) is 4.39 Å². The van der Waals surface area contributed by atoms with E-state index in [4.69, 9.17) is 0 Å². The first-order valence-electron chi connectivity index (χ1n) is 7.58. The van der Waals surface area contributed by atoms with Crippen LogP contribution >= 0.6 is 0 Å². The summed E-state index contributed by atoms with van der Waals surface area (Å²) in [4.78, 5) is 14.0. The molecule has 0 N–H and O–H groups in total. The molecule has 0 atom stereocenters. The fourth-order valence-corrected chi connectivity index (χ4v) is 2.61. The molecule has 3 rings (SSSR count). The molecule has 0 saturated carbocycles. The van der Waals surface area contributed by atoms with Gasteiger partial charge in [-0.3, -0.25) is 4.79 Å². The van der Waals surface area contributed by atoms with Crippen LogP contribution in [0.2, 0.25) is 0 Å². The molecule has 0 radical (unpaired) electrons. The van der Waals surface area contributed by atoms with E-state index >= 15 is 0 Å². The van der Waals surface area contributed by atoms with E-state index in [2.05, 4.69) is 12.1 Å². The summed E-state index contributed by atoms with van der Waals surface area (Å²) in [7, 11) is 1.77. The predicted octanol–water partition coefficient (Wildman–Crippen LogP) is 4.18. The minimum Gasteiger partial charge on any atom is -0.341 e. The van der Waals surface area contributed by atoms with Crippen molar-refractivity contribution in [3.63, 3.8) is 0 Å². The topological polar surface area (TPSA) is 20.3 Å². The molecule has 0 aliphatic rings. The third-order valence-corrected chi connectivity index (χ3v) is 3.93. The minimum absolute atomic E-state index is 0.0459. The Morgan fingerprint density at radius 1 is 0.913 bits per heavy atom. The Hall–Kier alpha value is -2.68. The number of benzene rings is 3. The highest BCUT2D eigenvalue weighted by molar-refractivity contribution is 5.85. The number of fused-ring (bicyclic) bond motifs is 1. The van der Waals surface area contributed by atoms with Gasteiger partial charge in [-0.1, -0.05) is 54.6 Å². The molecule has 0 unspecified atom stereocenters. The van der Waals surface area contributed by atoms with Crippen LogP contribution in [0.25, 0.3) is 10.8 Å². The van der Waals surface area contributed by atoms with Crippen LogP contribution in [0.1, 0.15) is 11.1 Å². The van der Waals surface area contributed by atoms with Gasteiger partial charge in [0.15, 0.2) is 0 Å². The summed E-state index contributed by atoms with van der Waals surface area (Å²) >= 11 is 0. The molecule has 0 spiro atoms. The van der Waals surface area contributed by atoms with Gasteiger partial charge in [-0.15, -0.1) is 0 Å². The zero-order valence-electron chi connectivity index (χ0n) is 13.0. The molecule has 0 fully saturated rings. The Morgan fingerprint density at radius 3 is 2.30 bits per heavy atom. The number of amides is 1. The van der Waals surface area contributed by atoms with Crippen molar-refractivity contribution in [1.82, 2.24) is 4.90 Å². The smallest absolute Gasteiger partial charge is 0.227 e. The van der Waals surface area contributed by atoms with E-state index in [0.717, 1.165) is 16.5 Å². The van der Waals surface area contributed by atoms with E-state index in [-0.39, 0.29) is 11.7 Å². The second-order valence-electron chi connectivity index (χ2n) is 5.73. The molecule has 0 aromatic heterocycles. The van der Waals surface area contributed by atoms with Gasteiger partial charge in [0, 0.05) is 13.6 Å². The summed E-state index contributed by atoms with van der Waals surface area (Å²) in [6.07, 6.45) is 0.364. The quantitative estimate of drug-likeness (QED) is 0.708. The summed E-state index contributed by atoms with van der Waals surface area (Å²) in [5, 5.41) is 2.31. The maximum atomic E-state index is 12.9. The maximum absolute atomic E-state index is 12.9. The van der Waals surface area contributed by atoms with E-state index in [1.54, 1.807) is 24.1 Å². The van der Waals surface area contributed by atoms with Crippen LogP contribution in [0, 0.1) is 5.82 Å². The molecule has 23 heavy (non-hydrogen) atoms. The molecule has 0 saturated heterocycles. The first-order valence-corrected chi connectivity index (χ1v) is 7.58. The van der Waals surface area contributed by atoms with Gasteiger partial charge in [0.2, 0.25) is 5.91 Å². The molecule has 0 heterocycles. The van der Waals surface area contributed by atoms with Crippen molar-refractivity contribution in [3.05, 3.63) is 83.7 Å². The minimum atomic E-state index is -0.265. The van der Waals surface area contributed by atoms with Crippen molar-refractivity contribution in [2.45, 2.75) is 13.0 Å². The van der Waals surface area contributed by atoms with Crippen LogP contribution in [0.5, 0.6) is 0 Å². The highest BCUT2D eigenvalue weighted by Gasteiger charge is 2.10. The van der Waals surface area contributed by atoms with Crippen LogP contribution in [-0.2, 0) is 17.8 Å². The van der Waals surface area contributed by atoms with Gasteiger partial charge in [-0.25, -0.2) is 4.39 Å². The number of rotatable bonds is 4. The van der Waals surface area contributed by atoms with Gasteiger partial charge in [0.25, 0.3) is 0 Å². The fourth-order valence-electron chi connectivity index (χ4n) is 2.61. The molecule has 3 heteroatoms. The van der Waals surface area contributed by atoms with Gasteiger partial charge in [-0.2, -0.15) is 0 Å². The molecule has 3 aromatic rings. The molecule has 3 aromatic carbocycles. The number of halogens is 1. The van der Waals surface area contributed by atoms with E-state index in [1.165, 1.54) is 17.5 Å². The molecular weight excluding hydrogens is 289 g/mol. The molecule has 0 bridgehead atoms. The van der Waals surface area contributed by atoms with Gasteiger partial charge in [0.1, 0.15) is 5.82 Å². The van der Waals surface area contributed by atoms with Crippen molar-refractivity contribution < 1.29 is 9.18 Å². The third kappa shape index (κ3) is 3.75. The van der Waals surface area contributed by atoms with Crippen LogP contribution in [0.15, 0.2) is 66.7 Å². The van der Waals surface area contributed by atoms with E-state index in [9.17, 15) is 9.18 Å². The van der Waals surface area contributed by atoms with Gasteiger partial charge < -0.3 is 4.90 Å². The van der Waals surface area contributed by atoms with Gasteiger partial charge in [0.05, 0.1) is 6.42 Å². The SMILES string of the molecule is CN(Cc1ccc(F)cc1)C(=O)Cc1ccc2ccccc2c1. The van der Waals surface area contributed by atoms with Crippen LogP contribution in [0.3, 0.4) is 0 Å². The largest absolute Gasteiger partial charge is 0.341 e. The summed E-state index contributed by atoms with van der Waals surface area (Å²) in [6.45, 7) is 0.479. The second-order valence-corrected chi connectivity index (χ2v) is 5.73. The lowest BCUT2D eigenvalue weighted by Gasteiger charge is -2.17. The average molecular weight is 307 g/mol. The van der Waals surface area contributed by atoms with Crippen molar-refractivity contribution in [2.75, 3.05) is 7.05 Å². The zero-order valence-corrected chi connectivity index (χ0v) is 13.0. The monoisotopic (exact) mass is 307 g/mol. The number of nitrogens with zero attached hydrogens (tertiary/aromatic N) is 1. The highest BCUT2D eigenvalue weighted by atomic mass is 19.1. The number of likely N-dealkylation sites (N-methyl/N-ethyl adjacent to an activating group) is 1. The molecule has 0 aliphatic carbocycles. The van der Waals surface area contributed by atoms with Gasteiger partial charge in [-0.05, 0) is 34.0 Å². The van der Waals surface area contributed by atoms with E-state index in [1.807, 2.05) is 30.3 Å². The normalized spacial score (nSPS) is 10.7.